The summed E-state index contributed by atoms with van der Waals surface area (Å²) in [6, 6.07) is 7.16. The van der Waals surface area contributed by atoms with Crippen LogP contribution in [-0.4, -0.2) is 16.1 Å². The van der Waals surface area contributed by atoms with Gasteiger partial charge in [-0.2, -0.15) is 0 Å². The van der Waals surface area contributed by atoms with Gasteiger partial charge in [0, 0.05) is 0 Å². The molecule has 0 spiro atoms. The molecule has 0 radical (unpaired) electrons. The van der Waals surface area contributed by atoms with Gasteiger partial charge in [-0.3, -0.25) is 10.1 Å². The molecule has 3 aromatic rings. The van der Waals surface area contributed by atoms with Gasteiger partial charge in [-0.05, 0) is 23.6 Å². The molecule has 3 aromatic heterocycles. The summed E-state index contributed by atoms with van der Waals surface area (Å²) < 4.78 is 4.99. The van der Waals surface area contributed by atoms with Crippen molar-refractivity contribution >= 4 is 33.7 Å². The van der Waals surface area contributed by atoms with Crippen molar-refractivity contribution in [3.8, 4) is 9.88 Å². The first-order valence-corrected chi connectivity index (χ1v) is 6.75. The van der Waals surface area contributed by atoms with Gasteiger partial charge in [0.15, 0.2) is 10.8 Å². The molecule has 0 aromatic carbocycles. The molecule has 5 nitrogen and oxygen atoms in total. The first-order valence-electron chi connectivity index (χ1n) is 5.05. The molecule has 0 saturated heterocycles. The van der Waals surface area contributed by atoms with Crippen LogP contribution in [0.2, 0.25) is 0 Å². The second-order valence-corrected chi connectivity index (χ2v) is 5.25. The Labute approximate surface area is 110 Å². The van der Waals surface area contributed by atoms with Crippen molar-refractivity contribution in [2.75, 3.05) is 5.32 Å². The van der Waals surface area contributed by atoms with Crippen molar-refractivity contribution in [2.45, 2.75) is 0 Å². The van der Waals surface area contributed by atoms with Crippen molar-refractivity contribution in [1.29, 1.82) is 0 Å². The van der Waals surface area contributed by atoms with E-state index < -0.39 is 0 Å². The highest BCUT2D eigenvalue weighted by atomic mass is 32.1. The van der Waals surface area contributed by atoms with E-state index in [4.69, 9.17) is 4.42 Å². The smallest absolute Gasteiger partial charge is 0.293 e. The average Bonchev–Trinajstić information content (AvgIpc) is 3.12. The number of rotatable bonds is 3. The SMILES string of the molecule is O=C(Nc1nnc(-c2cccs2)s1)c1ccco1. The summed E-state index contributed by atoms with van der Waals surface area (Å²) in [7, 11) is 0. The maximum absolute atomic E-state index is 11.7. The van der Waals surface area contributed by atoms with Crippen molar-refractivity contribution < 1.29 is 9.21 Å². The largest absolute Gasteiger partial charge is 0.459 e. The zero-order valence-electron chi connectivity index (χ0n) is 8.99. The van der Waals surface area contributed by atoms with Crippen LogP contribution in [0.25, 0.3) is 9.88 Å². The molecule has 18 heavy (non-hydrogen) atoms. The van der Waals surface area contributed by atoms with E-state index in [0.717, 1.165) is 9.88 Å². The highest BCUT2D eigenvalue weighted by Gasteiger charge is 2.13. The zero-order valence-corrected chi connectivity index (χ0v) is 10.6. The molecule has 0 bridgehead atoms. The Kier molecular flexibility index (Phi) is 2.91. The Balaban J connectivity index is 1.76. The molecular formula is C11H7N3O2S2. The van der Waals surface area contributed by atoms with Crippen LogP contribution < -0.4 is 5.32 Å². The van der Waals surface area contributed by atoms with E-state index in [1.54, 1.807) is 23.5 Å². The van der Waals surface area contributed by atoms with E-state index in [0.29, 0.717) is 5.13 Å². The number of hydrogen-bond acceptors (Lipinski definition) is 6. The van der Waals surface area contributed by atoms with Crippen molar-refractivity contribution in [2.24, 2.45) is 0 Å². The number of carbonyl (C=O) groups excluding carboxylic acids is 1. The minimum atomic E-state index is -0.325. The van der Waals surface area contributed by atoms with Crippen LogP contribution >= 0.6 is 22.7 Å². The number of amides is 1. The van der Waals surface area contributed by atoms with Crippen LogP contribution in [0, 0.1) is 0 Å². The van der Waals surface area contributed by atoms with Crippen LogP contribution in [0.15, 0.2) is 40.3 Å². The zero-order chi connectivity index (χ0) is 12.4. The molecule has 1 N–H and O–H groups in total. The maximum atomic E-state index is 11.7. The van der Waals surface area contributed by atoms with Crippen LogP contribution in [0.5, 0.6) is 0 Å². The molecule has 0 saturated carbocycles. The number of furan rings is 1. The van der Waals surface area contributed by atoms with Crippen LogP contribution in [0.1, 0.15) is 10.6 Å². The molecule has 0 aliphatic carbocycles. The van der Waals surface area contributed by atoms with Gasteiger partial charge in [0.1, 0.15) is 0 Å². The van der Waals surface area contributed by atoms with Gasteiger partial charge in [-0.25, -0.2) is 0 Å². The number of nitrogens with zero attached hydrogens (tertiary/aromatic N) is 2. The lowest BCUT2D eigenvalue weighted by Crippen LogP contribution is -2.10. The van der Waals surface area contributed by atoms with Crippen LogP contribution in [0.3, 0.4) is 0 Å². The fourth-order valence-corrected chi connectivity index (χ4v) is 2.87. The Hall–Kier alpha value is -1.99. The summed E-state index contributed by atoms with van der Waals surface area (Å²) in [6.45, 7) is 0. The predicted octanol–water partition coefficient (Wildman–Crippen LogP) is 3.11. The van der Waals surface area contributed by atoms with Gasteiger partial charge in [0.05, 0.1) is 11.1 Å². The molecule has 3 rings (SSSR count). The third kappa shape index (κ3) is 2.18. The van der Waals surface area contributed by atoms with E-state index in [-0.39, 0.29) is 11.7 Å². The van der Waals surface area contributed by atoms with Crippen LogP contribution in [-0.2, 0) is 0 Å². The summed E-state index contributed by atoms with van der Waals surface area (Å²) in [5.41, 5.74) is 0. The Bertz CT molecular complexity index is 644. The van der Waals surface area contributed by atoms with Gasteiger partial charge in [0.25, 0.3) is 5.91 Å². The van der Waals surface area contributed by atoms with Crippen molar-refractivity contribution in [3.05, 3.63) is 41.7 Å². The third-order valence-corrected chi connectivity index (χ3v) is 4.00. The first-order chi connectivity index (χ1) is 8.83. The summed E-state index contributed by atoms with van der Waals surface area (Å²) >= 11 is 2.91. The predicted molar refractivity (Wildman–Crippen MR) is 69.9 cm³/mol. The van der Waals surface area contributed by atoms with Crippen molar-refractivity contribution in [1.82, 2.24) is 10.2 Å². The fourth-order valence-electron chi connectivity index (χ4n) is 1.34. The number of aromatic nitrogens is 2. The summed E-state index contributed by atoms with van der Waals surface area (Å²) in [4.78, 5) is 12.7. The van der Waals surface area contributed by atoms with E-state index in [2.05, 4.69) is 15.5 Å². The van der Waals surface area contributed by atoms with Crippen LogP contribution in [0.4, 0.5) is 5.13 Å². The first kappa shape index (κ1) is 11.1. The second-order valence-electron chi connectivity index (χ2n) is 3.32. The third-order valence-electron chi connectivity index (χ3n) is 2.12. The molecular weight excluding hydrogens is 270 g/mol. The standard InChI is InChI=1S/C11H7N3O2S2/c15-9(7-3-1-5-16-7)12-11-14-13-10(18-11)8-4-2-6-17-8/h1-6H,(H,12,14,15). The lowest BCUT2D eigenvalue weighted by Gasteiger charge is -1.95. The minimum Gasteiger partial charge on any atom is -0.459 e. The quantitative estimate of drug-likeness (QED) is 0.798. The van der Waals surface area contributed by atoms with E-state index in [1.165, 1.54) is 17.6 Å². The monoisotopic (exact) mass is 277 g/mol. The van der Waals surface area contributed by atoms with Gasteiger partial charge in [0.2, 0.25) is 5.13 Å². The Morgan fingerprint density at radius 2 is 2.22 bits per heavy atom. The van der Waals surface area contributed by atoms with Gasteiger partial charge in [-0.1, -0.05) is 17.4 Å². The normalized spacial score (nSPS) is 10.4. The molecule has 90 valence electrons. The molecule has 3 heterocycles. The van der Waals surface area contributed by atoms with Gasteiger partial charge in [-0.15, -0.1) is 21.5 Å². The number of carbonyl (C=O) groups is 1. The molecule has 0 aliphatic rings. The minimum absolute atomic E-state index is 0.253. The summed E-state index contributed by atoms with van der Waals surface area (Å²) in [5.74, 6) is -0.0725. The summed E-state index contributed by atoms with van der Waals surface area (Å²) in [6.07, 6.45) is 1.45. The van der Waals surface area contributed by atoms with E-state index >= 15 is 0 Å². The highest BCUT2D eigenvalue weighted by Crippen LogP contribution is 2.29. The number of thiophene rings is 1. The molecule has 0 aliphatic heterocycles. The number of hydrogen-bond donors (Lipinski definition) is 1. The Morgan fingerprint density at radius 1 is 1.28 bits per heavy atom. The maximum Gasteiger partial charge on any atom is 0.293 e. The molecule has 0 fully saturated rings. The topological polar surface area (TPSA) is 68.0 Å². The average molecular weight is 277 g/mol. The molecule has 0 unspecified atom stereocenters. The highest BCUT2D eigenvalue weighted by molar-refractivity contribution is 7.23. The van der Waals surface area contributed by atoms with E-state index in [9.17, 15) is 4.79 Å². The lowest BCUT2D eigenvalue weighted by atomic mass is 10.4. The number of anilines is 1. The lowest BCUT2D eigenvalue weighted by molar-refractivity contribution is 0.0996. The van der Waals surface area contributed by atoms with Gasteiger partial charge < -0.3 is 4.42 Å². The summed E-state index contributed by atoms with van der Waals surface area (Å²) in [5, 5.41) is 13.8. The van der Waals surface area contributed by atoms with Crippen molar-refractivity contribution in [3.63, 3.8) is 0 Å². The second kappa shape index (κ2) is 4.71. The molecule has 0 atom stereocenters. The van der Waals surface area contributed by atoms with E-state index in [1.807, 2.05) is 17.5 Å². The Morgan fingerprint density at radius 3 is 2.94 bits per heavy atom. The van der Waals surface area contributed by atoms with Gasteiger partial charge >= 0.3 is 0 Å². The number of nitrogens with one attached hydrogen (secondary N) is 1. The fraction of sp³-hybridized carbons (Fsp3) is 0. The molecule has 1 amide bonds. The molecule has 7 heteroatoms.